The third-order valence-electron chi connectivity index (χ3n) is 1.66. The molecule has 0 fully saturated rings. The minimum atomic E-state index is 0.584. The first-order valence-electron chi connectivity index (χ1n) is 3.91. The molecule has 0 aliphatic carbocycles. The molecule has 0 N–H and O–H groups in total. The number of allylic oxidation sites excluding steroid dienone is 1. The first-order chi connectivity index (χ1) is 6.27. The van der Waals surface area contributed by atoms with E-state index in [9.17, 15) is 4.79 Å². The van der Waals surface area contributed by atoms with Gasteiger partial charge in [0.2, 0.25) is 5.88 Å². The van der Waals surface area contributed by atoms with Gasteiger partial charge in [-0.05, 0) is 30.7 Å². The van der Waals surface area contributed by atoms with Crippen molar-refractivity contribution in [1.29, 1.82) is 0 Å². The zero-order chi connectivity index (χ0) is 9.68. The van der Waals surface area contributed by atoms with Gasteiger partial charge in [0.25, 0.3) is 0 Å². The Labute approximate surface area is 77.1 Å². The summed E-state index contributed by atoms with van der Waals surface area (Å²) in [5.74, 6) is 0.584. The Hall–Kier alpha value is -1.64. The summed E-state index contributed by atoms with van der Waals surface area (Å²) in [6.07, 6.45) is 3.90. The number of nitrogens with zero attached hydrogens (tertiary/aromatic N) is 1. The molecule has 68 valence electrons. The van der Waals surface area contributed by atoms with Crippen molar-refractivity contribution in [2.45, 2.75) is 6.92 Å². The molecular weight excluding hydrogens is 166 g/mol. The molecule has 3 nitrogen and oxygen atoms in total. The second-order valence-electron chi connectivity index (χ2n) is 2.52. The Morgan fingerprint density at radius 3 is 2.77 bits per heavy atom. The van der Waals surface area contributed by atoms with Gasteiger partial charge in [0.1, 0.15) is 6.29 Å². The average Bonchev–Trinajstić information content (AvgIpc) is 2.16. The van der Waals surface area contributed by atoms with Gasteiger partial charge in [-0.15, -0.1) is 0 Å². The van der Waals surface area contributed by atoms with E-state index in [1.807, 2.05) is 13.0 Å². The summed E-state index contributed by atoms with van der Waals surface area (Å²) >= 11 is 0. The Morgan fingerprint density at radius 1 is 1.46 bits per heavy atom. The largest absolute Gasteiger partial charge is 0.481 e. The molecule has 1 heterocycles. The van der Waals surface area contributed by atoms with Crippen LogP contribution >= 0.6 is 0 Å². The molecule has 0 saturated heterocycles. The number of hydrogen-bond donors (Lipinski definition) is 0. The third-order valence-corrected chi connectivity index (χ3v) is 1.66. The lowest BCUT2D eigenvalue weighted by Crippen LogP contribution is -1.91. The fraction of sp³-hybridized carbons (Fsp3) is 0.200. The molecule has 0 aromatic carbocycles. The van der Waals surface area contributed by atoms with Crippen LogP contribution in [0, 0.1) is 6.92 Å². The zero-order valence-electron chi connectivity index (χ0n) is 7.65. The van der Waals surface area contributed by atoms with E-state index in [0.717, 1.165) is 17.5 Å². The number of aromatic nitrogens is 1. The van der Waals surface area contributed by atoms with Gasteiger partial charge in [-0.3, -0.25) is 4.79 Å². The first kappa shape index (κ1) is 9.45. The van der Waals surface area contributed by atoms with E-state index >= 15 is 0 Å². The van der Waals surface area contributed by atoms with E-state index < -0.39 is 0 Å². The summed E-state index contributed by atoms with van der Waals surface area (Å²) in [7, 11) is 1.57. The lowest BCUT2D eigenvalue weighted by molar-refractivity contribution is -0.104. The van der Waals surface area contributed by atoms with Crippen LogP contribution in [0.25, 0.3) is 6.08 Å². The quantitative estimate of drug-likeness (QED) is 0.520. The van der Waals surface area contributed by atoms with E-state index in [-0.39, 0.29) is 0 Å². The highest BCUT2D eigenvalue weighted by atomic mass is 16.5. The van der Waals surface area contributed by atoms with Gasteiger partial charge in [-0.1, -0.05) is 0 Å². The van der Waals surface area contributed by atoms with E-state index in [0.29, 0.717) is 5.88 Å². The SMILES string of the molecule is COc1ccc(/C=C/C=O)c(C)n1. The van der Waals surface area contributed by atoms with E-state index in [2.05, 4.69) is 4.98 Å². The van der Waals surface area contributed by atoms with E-state index in [1.165, 1.54) is 6.08 Å². The molecule has 0 radical (unpaired) electrons. The topological polar surface area (TPSA) is 39.2 Å². The number of carbonyl (C=O) groups is 1. The van der Waals surface area contributed by atoms with Gasteiger partial charge in [0.05, 0.1) is 7.11 Å². The predicted molar refractivity (Wildman–Crippen MR) is 50.6 cm³/mol. The second-order valence-corrected chi connectivity index (χ2v) is 2.52. The van der Waals surface area contributed by atoms with Gasteiger partial charge in [-0.2, -0.15) is 0 Å². The van der Waals surface area contributed by atoms with E-state index in [4.69, 9.17) is 4.74 Å². The van der Waals surface area contributed by atoms with Gasteiger partial charge in [0.15, 0.2) is 0 Å². The lowest BCUT2D eigenvalue weighted by Gasteiger charge is -2.02. The fourth-order valence-electron chi connectivity index (χ4n) is 0.982. The molecule has 13 heavy (non-hydrogen) atoms. The summed E-state index contributed by atoms with van der Waals surface area (Å²) < 4.78 is 4.95. The Balaban J connectivity index is 2.98. The summed E-state index contributed by atoms with van der Waals surface area (Å²) in [5.41, 5.74) is 1.77. The highest BCUT2D eigenvalue weighted by Gasteiger charge is 1.97. The zero-order valence-corrected chi connectivity index (χ0v) is 7.65. The van der Waals surface area contributed by atoms with Crippen molar-refractivity contribution in [3.63, 3.8) is 0 Å². The van der Waals surface area contributed by atoms with Crippen molar-refractivity contribution in [3.8, 4) is 5.88 Å². The number of ether oxygens (including phenoxy) is 1. The molecule has 0 unspecified atom stereocenters. The number of pyridine rings is 1. The Morgan fingerprint density at radius 2 is 2.23 bits per heavy atom. The molecule has 1 aromatic rings. The summed E-state index contributed by atoms with van der Waals surface area (Å²) in [5, 5.41) is 0. The van der Waals surface area contributed by atoms with Crippen LogP contribution in [0.1, 0.15) is 11.3 Å². The highest BCUT2D eigenvalue weighted by molar-refractivity contribution is 5.74. The molecule has 0 atom stereocenters. The van der Waals surface area contributed by atoms with E-state index in [1.54, 1.807) is 19.3 Å². The molecular formula is C10H11NO2. The molecule has 0 bridgehead atoms. The van der Waals surface area contributed by atoms with Crippen molar-refractivity contribution < 1.29 is 9.53 Å². The highest BCUT2D eigenvalue weighted by Crippen LogP contribution is 2.12. The molecule has 3 heteroatoms. The predicted octanol–water partition coefficient (Wildman–Crippen LogP) is 1.61. The number of carbonyl (C=O) groups excluding carboxylic acids is 1. The molecule has 0 spiro atoms. The van der Waals surface area contributed by atoms with Crippen molar-refractivity contribution in [2.75, 3.05) is 7.11 Å². The Bertz CT molecular complexity index is 332. The van der Waals surface area contributed by atoms with Crippen molar-refractivity contribution in [2.24, 2.45) is 0 Å². The molecule has 0 amide bonds. The van der Waals surface area contributed by atoms with Crippen molar-refractivity contribution in [1.82, 2.24) is 4.98 Å². The minimum absolute atomic E-state index is 0.584. The van der Waals surface area contributed by atoms with Crippen molar-refractivity contribution in [3.05, 3.63) is 29.5 Å². The van der Waals surface area contributed by atoms with Crippen LogP contribution in [0.15, 0.2) is 18.2 Å². The van der Waals surface area contributed by atoms with Gasteiger partial charge < -0.3 is 4.74 Å². The number of aldehydes is 1. The summed E-state index contributed by atoms with van der Waals surface area (Å²) in [6.45, 7) is 1.87. The molecule has 1 rings (SSSR count). The minimum Gasteiger partial charge on any atom is -0.481 e. The maximum atomic E-state index is 10.1. The summed E-state index contributed by atoms with van der Waals surface area (Å²) in [6, 6.07) is 3.62. The monoisotopic (exact) mass is 177 g/mol. The molecule has 0 saturated carbocycles. The van der Waals surface area contributed by atoms with Crippen molar-refractivity contribution >= 4 is 12.4 Å². The smallest absolute Gasteiger partial charge is 0.213 e. The lowest BCUT2D eigenvalue weighted by atomic mass is 10.2. The third kappa shape index (κ3) is 2.40. The van der Waals surface area contributed by atoms with Crippen LogP contribution in [0.2, 0.25) is 0 Å². The molecule has 0 aliphatic heterocycles. The number of hydrogen-bond acceptors (Lipinski definition) is 3. The fourth-order valence-corrected chi connectivity index (χ4v) is 0.982. The molecule has 0 aliphatic rings. The summed E-state index contributed by atoms with van der Waals surface area (Å²) in [4.78, 5) is 14.2. The van der Waals surface area contributed by atoms with Crippen LogP contribution in [0.4, 0.5) is 0 Å². The number of rotatable bonds is 3. The maximum absolute atomic E-state index is 10.1. The maximum Gasteiger partial charge on any atom is 0.213 e. The van der Waals surface area contributed by atoms with Crippen LogP contribution in [-0.2, 0) is 4.79 Å². The standard InChI is InChI=1S/C10H11NO2/c1-8-9(4-3-7-12)5-6-10(11-8)13-2/h3-7H,1-2H3/b4-3+. The van der Waals surface area contributed by atoms with Crippen LogP contribution in [-0.4, -0.2) is 18.4 Å². The van der Waals surface area contributed by atoms with Crippen LogP contribution in [0.3, 0.4) is 0 Å². The van der Waals surface area contributed by atoms with Gasteiger partial charge >= 0.3 is 0 Å². The van der Waals surface area contributed by atoms with Gasteiger partial charge in [-0.25, -0.2) is 4.98 Å². The van der Waals surface area contributed by atoms with Gasteiger partial charge in [0, 0.05) is 11.8 Å². The first-order valence-corrected chi connectivity index (χ1v) is 3.91. The second kappa shape index (κ2) is 4.40. The number of methoxy groups -OCH3 is 1. The van der Waals surface area contributed by atoms with Crippen LogP contribution in [0.5, 0.6) is 5.88 Å². The van der Waals surface area contributed by atoms with Crippen LogP contribution < -0.4 is 4.74 Å². The molecule has 1 aromatic heterocycles. The normalized spacial score (nSPS) is 10.3. The average molecular weight is 177 g/mol. The Kier molecular flexibility index (Phi) is 3.20. The number of aryl methyl sites for hydroxylation is 1.